The first-order valence-corrected chi connectivity index (χ1v) is 8.88. The maximum atomic E-state index is 11.5. The van der Waals surface area contributed by atoms with Crippen LogP contribution in [0.1, 0.15) is 40.2 Å². The molecule has 0 aliphatic rings. The van der Waals surface area contributed by atoms with Crippen molar-refractivity contribution in [1.82, 2.24) is 10.6 Å². The molecule has 2 amide bonds. The summed E-state index contributed by atoms with van der Waals surface area (Å²) in [6.07, 6.45) is -1.79. The number of benzene rings is 1. The van der Waals surface area contributed by atoms with Crippen molar-refractivity contribution in [3.63, 3.8) is 0 Å². The minimum atomic E-state index is -0.996. The van der Waals surface area contributed by atoms with Gasteiger partial charge in [0.15, 0.2) is 11.5 Å². The van der Waals surface area contributed by atoms with Crippen LogP contribution < -0.4 is 20.1 Å². The molecule has 0 radical (unpaired) electrons. The third kappa shape index (κ3) is 7.00. The molecule has 0 spiro atoms. The first-order valence-electron chi connectivity index (χ1n) is 8.88. The van der Waals surface area contributed by atoms with Gasteiger partial charge in [0, 0.05) is 33.5 Å². The number of rotatable bonds is 7. The van der Waals surface area contributed by atoms with Gasteiger partial charge in [0.05, 0.1) is 5.69 Å². The Morgan fingerprint density at radius 2 is 1.52 bits per heavy atom. The van der Waals surface area contributed by atoms with Crippen molar-refractivity contribution in [3.05, 3.63) is 17.7 Å². The monoisotopic (exact) mass is 409 g/mol. The topological polar surface area (TPSA) is 125 Å². The van der Waals surface area contributed by atoms with Crippen LogP contribution in [0.15, 0.2) is 17.1 Å². The number of ether oxygens (including phenoxy) is 4. The normalized spacial score (nSPS) is 12.7. The summed E-state index contributed by atoms with van der Waals surface area (Å²) in [6.45, 7) is 8.70. The number of alkyl carbamates (subject to hydrolysis) is 2. The summed E-state index contributed by atoms with van der Waals surface area (Å²) in [5.41, 5.74) is 0.307. The molecule has 1 aromatic carbocycles. The van der Waals surface area contributed by atoms with E-state index in [-0.39, 0.29) is 11.5 Å². The lowest BCUT2D eigenvalue weighted by Crippen LogP contribution is -2.30. The minimum absolute atomic E-state index is 0.192. The highest BCUT2D eigenvalue weighted by Gasteiger charge is 2.29. The Morgan fingerprint density at radius 1 is 1.00 bits per heavy atom. The minimum Gasteiger partial charge on any atom is -0.451 e. The summed E-state index contributed by atoms with van der Waals surface area (Å²) < 4.78 is 21.7. The fraction of sp³-hybridized carbons (Fsp3) is 0.526. The highest BCUT2D eigenvalue weighted by molar-refractivity contribution is 5.68. The summed E-state index contributed by atoms with van der Waals surface area (Å²) in [4.78, 5) is 37.6. The van der Waals surface area contributed by atoms with Gasteiger partial charge in [-0.3, -0.25) is 0 Å². The van der Waals surface area contributed by atoms with Gasteiger partial charge < -0.3 is 29.6 Å². The molecule has 160 valence electrons. The standard InChI is InChI=1S/C19H27N3O7/c1-11(28-17(24)20-6)26-14-9-8-13(22-10-23)15(19(3,4)5)16(14)27-12(2)29-18(25)21-7/h8-9,11-12H,1-7H3,(H,20,24)(H,21,25). The molecule has 0 aromatic heterocycles. The molecule has 10 nitrogen and oxygen atoms in total. The Hall–Kier alpha value is -3.26. The third-order valence-corrected chi connectivity index (χ3v) is 3.55. The number of hydrogen-bond donors (Lipinski definition) is 2. The average Bonchev–Trinajstić information content (AvgIpc) is 2.62. The average molecular weight is 409 g/mol. The fourth-order valence-corrected chi connectivity index (χ4v) is 2.44. The zero-order valence-corrected chi connectivity index (χ0v) is 17.6. The summed E-state index contributed by atoms with van der Waals surface area (Å²) in [5.74, 6) is 0.404. The molecule has 0 fully saturated rings. The van der Waals surface area contributed by atoms with Crippen molar-refractivity contribution < 1.29 is 33.3 Å². The summed E-state index contributed by atoms with van der Waals surface area (Å²) in [7, 11) is 2.84. The highest BCUT2D eigenvalue weighted by Crippen LogP contribution is 2.45. The maximum Gasteiger partial charge on any atom is 0.409 e. The molecule has 2 atom stereocenters. The Labute approximate surface area is 169 Å². The lowest BCUT2D eigenvalue weighted by Gasteiger charge is -2.28. The lowest BCUT2D eigenvalue weighted by molar-refractivity contribution is -0.0355. The first kappa shape index (κ1) is 23.8. The van der Waals surface area contributed by atoms with Gasteiger partial charge in [-0.1, -0.05) is 20.8 Å². The number of nitrogens with one attached hydrogen (secondary N) is 2. The molecular weight excluding hydrogens is 382 g/mol. The number of amides is 2. The van der Waals surface area contributed by atoms with Gasteiger partial charge in [-0.15, -0.1) is 0 Å². The molecule has 0 aliphatic heterocycles. The van der Waals surface area contributed by atoms with Gasteiger partial charge in [-0.25, -0.2) is 14.4 Å². The number of aliphatic imine (C=N–C) groups is 1. The van der Waals surface area contributed by atoms with Crippen molar-refractivity contribution in [1.29, 1.82) is 0 Å². The van der Waals surface area contributed by atoms with Crippen molar-refractivity contribution in [2.45, 2.75) is 52.6 Å². The molecule has 10 heteroatoms. The Balaban J connectivity index is 3.44. The van der Waals surface area contributed by atoms with Gasteiger partial charge in [0.2, 0.25) is 18.7 Å². The quantitative estimate of drug-likeness (QED) is 0.403. The van der Waals surface area contributed by atoms with Crippen LogP contribution in [-0.2, 0) is 19.7 Å². The van der Waals surface area contributed by atoms with Crippen LogP contribution >= 0.6 is 0 Å². The molecule has 1 rings (SSSR count). The molecule has 1 aromatic rings. The van der Waals surface area contributed by atoms with Crippen LogP contribution in [0.3, 0.4) is 0 Å². The zero-order valence-electron chi connectivity index (χ0n) is 17.6. The van der Waals surface area contributed by atoms with E-state index in [4.69, 9.17) is 18.9 Å². The third-order valence-electron chi connectivity index (χ3n) is 3.55. The van der Waals surface area contributed by atoms with Crippen LogP contribution in [0.4, 0.5) is 15.3 Å². The van der Waals surface area contributed by atoms with Gasteiger partial charge >= 0.3 is 12.2 Å². The van der Waals surface area contributed by atoms with E-state index in [0.717, 1.165) is 0 Å². The summed E-state index contributed by atoms with van der Waals surface area (Å²) >= 11 is 0. The lowest BCUT2D eigenvalue weighted by atomic mass is 9.84. The Morgan fingerprint density at radius 3 is 1.97 bits per heavy atom. The summed E-state index contributed by atoms with van der Waals surface area (Å²) in [5, 5.41) is 4.65. The van der Waals surface area contributed by atoms with E-state index in [1.54, 1.807) is 6.07 Å². The van der Waals surface area contributed by atoms with E-state index >= 15 is 0 Å². The Kier molecular flexibility index (Phi) is 8.47. The zero-order chi connectivity index (χ0) is 22.2. The van der Waals surface area contributed by atoms with Crippen LogP contribution in [0, 0.1) is 0 Å². The number of isocyanates is 1. The number of carbonyl (C=O) groups is 2. The molecule has 0 heterocycles. The van der Waals surface area contributed by atoms with E-state index in [1.807, 2.05) is 20.8 Å². The van der Waals surface area contributed by atoms with E-state index < -0.39 is 30.2 Å². The maximum absolute atomic E-state index is 11.5. The predicted octanol–water partition coefficient (Wildman–Crippen LogP) is 3.11. The van der Waals surface area contributed by atoms with Gasteiger partial charge in [0.25, 0.3) is 0 Å². The van der Waals surface area contributed by atoms with Crippen LogP contribution in [-0.4, -0.2) is 44.9 Å². The fourth-order valence-electron chi connectivity index (χ4n) is 2.44. The molecule has 29 heavy (non-hydrogen) atoms. The predicted molar refractivity (Wildman–Crippen MR) is 104 cm³/mol. The largest absolute Gasteiger partial charge is 0.451 e. The molecule has 2 unspecified atom stereocenters. The first-order chi connectivity index (χ1) is 13.5. The van der Waals surface area contributed by atoms with Crippen molar-refractivity contribution >= 4 is 24.0 Å². The van der Waals surface area contributed by atoms with Crippen molar-refractivity contribution in [2.75, 3.05) is 14.1 Å². The number of carbonyl (C=O) groups excluding carboxylic acids is 3. The van der Waals surface area contributed by atoms with Gasteiger partial charge in [0.1, 0.15) is 0 Å². The van der Waals surface area contributed by atoms with Crippen molar-refractivity contribution in [2.24, 2.45) is 4.99 Å². The molecular formula is C19H27N3O7. The number of nitrogens with zero attached hydrogens (tertiary/aromatic N) is 1. The SMILES string of the molecule is CNC(=O)OC(C)Oc1ccc(N=C=O)c(C(C)(C)C)c1OC(C)OC(=O)NC. The van der Waals surface area contributed by atoms with E-state index in [0.29, 0.717) is 11.3 Å². The van der Waals surface area contributed by atoms with Crippen molar-refractivity contribution in [3.8, 4) is 11.5 Å². The highest BCUT2D eigenvalue weighted by atomic mass is 16.7. The van der Waals surface area contributed by atoms with Gasteiger partial charge in [-0.2, -0.15) is 4.99 Å². The van der Waals surface area contributed by atoms with E-state index in [2.05, 4.69) is 15.6 Å². The Bertz CT molecular complexity index is 783. The van der Waals surface area contributed by atoms with Crippen LogP contribution in [0.25, 0.3) is 0 Å². The molecule has 0 bridgehead atoms. The molecule has 0 saturated heterocycles. The molecule has 0 saturated carbocycles. The second kappa shape index (κ2) is 10.3. The number of hydrogen-bond acceptors (Lipinski definition) is 8. The summed E-state index contributed by atoms with van der Waals surface area (Å²) in [6, 6.07) is 3.07. The van der Waals surface area contributed by atoms with Crippen LogP contribution in [0.5, 0.6) is 11.5 Å². The molecule has 0 aliphatic carbocycles. The van der Waals surface area contributed by atoms with E-state index in [9.17, 15) is 14.4 Å². The van der Waals surface area contributed by atoms with Gasteiger partial charge in [-0.05, 0) is 17.5 Å². The second-order valence-corrected chi connectivity index (χ2v) is 6.92. The van der Waals surface area contributed by atoms with E-state index in [1.165, 1.54) is 40.1 Å². The second-order valence-electron chi connectivity index (χ2n) is 6.92. The smallest absolute Gasteiger partial charge is 0.409 e. The van der Waals surface area contributed by atoms with Crippen LogP contribution in [0.2, 0.25) is 0 Å². The molecule has 2 N–H and O–H groups in total.